The number of hydrogen-bond donors (Lipinski definition) is 3. The van der Waals surface area contributed by atoms with E-state index in [4.69, 9.17) is 15.3 Å². The van der Waals surface area contributed by atoms with Crippen molar-refractivity contribution in [3.05, 3.63) is 47.7 Å². The Morgan fingerprint density at radius 1 is 1.52 bits per heavy atom. The number of carboxylic acids is 1. The lowest BCUT2D eigenvalue weighted by molar-refractivity contribution is 0.0698. The molecule has 1 aromatic carbocycles. The fraction of sp³-hybridized carbons (Fsp3) is 0.267. The van der Waals surface area contributed by atoms with Gasteiger partial charge in [0.15, 0.2) is 0 Å². The van der Waals surface area contributed by atoms with Crippen molar-refractivity contribution in [3.8, 4) is 0 Å². The van der Waals surface area contributed by atoms with Crippen LogP contribution in [0.5, 0.6) is 0 Å². The minimum Gasteiger partial charge on any atom is -0.478 e. The van der Waals surface area contributed by atoms with Crippen LogP contribution >= 0.6 is 0 Å². The minimum atomic E-state index is -1.18. The van der Waals surface area contributed by atoms with Gasteiger partial charge in [-0.1, -0.05) is 0 Å². The molecule has 0 amide bonds. The molecule has 0 saturated heterocycles. The lowest BCUT2D eigenvalue weighted by Gasteiger charge is -2.16. The van der Waals surface area contributed by atoms with Crippen LogP contribution in [0.25, 0.3) is 0 Å². The number of carboxylic acid groups (broad SMARTS) is 1. The maximum Gasteiger partial charge on any atom is 0.337 e. The third kappa shape index (κ3) is 3.75. The van der Waals surface area contributed by atoms with Gasteiger partial charge in [-0.05, 0) is 37.6 Å². The summed E-state index contributed by atoms with van der Waals surface area (Å²) in [6.45, 7) is 1.89. The van der Waals surface area contributed by atoms with E-state index >= 15 is 0 Å². The molecule has 0 fully saturated rings. The molecule has 112 valence electrons. The summed E-state index contributed by atoms with van der Waals surface area (Å²) < 4.78 is 19.0. The molecule has 0 aliphatic rings. The molecule has 0 aliphatic carbocycles. The van der Waals surface area contributed by atoms with E-state index in [-0.39, 0.29) is 23.0 Å². The Morgan fingerprint density at radius 2 is 2.29 bits per heavy atom. The first-order valence-corrected chi connectivity index (χ1v) is 6.58. The minimum absolute atomic E-state index is 0.0464. The van der Waals surface area contributed by atoms with Crippen LogP contribution in [0.2, 0.25) is 0 Å². The molecule has 1 atom stereocenters. The van der Waals surface area contributed by atoms with Crippen LogP contribution in [0.4, 0.5) is 15.8 Å². The number of nitrogens with two attached hydrogens (primary N) is 1. The first kappa shape index (κ1) is 14.9. The van der Waals surface area contributed by atoms with Crippen molar-refractivity contribution in [2.75, 3.05) is 11.1 Å². The van der Waals surface area contributed by atoms with Gasteiger partial charge in [-0.2, -0.15) is 0 Å². The van der Waals surface area contributed by atoms with Crippen molar-refractivity contribution in [1.29, 1.82) is 0 Å². The zero-order valence-corrected chi connectivity index (χ0v) is 11.6. The molecule has 1 aromatic heterocycles. The Labute approximate surface area is 121 Å². The second-order valence-electron chi connectivity index (χ2n) is 4.89. The van der Waals surface area contributed by atoms with E-state index in [1.807, 2.05) is 19.1 Å². The number of halogens is 1. The van der Waals surface area contributed by atoms with E-state index in [9.17, 15) is 9.18 Å². The van der Waals surface area contributed by atoms with Gasteiger partial charge in [0.2, 0.25) is 0 Å². The molecular weight excluding hydrogens is 275 g/mol. The SMILES string of the molecule is CC(CCc1ccco1)Nc1cc(C(=O)O)c(N)cc1F. The van der Waals surface area contributed by atoms with Crippen molar-refractivity contribution in [2.45, 2.75) is 25.8 Å². The van der Waals surface area contributed by atoms with E-state index in [0.717, 1.165) is 18.2 Å². The van der Waals surface area contributed by atoms with Crippen LogP contribution in [0, 0.1) is 5.82 Å². The molecule has 0 saturated carbocycles. The molecule has 1 heterocycles. The highest BCUT2D eigenvalue weighted by Gasteiger charge is 2.14. The highest BCUT2D eigenvalue weighted by atomic mass is 19.1. The number of rotatable bonds is 6. The number of furan rings is 1. The first-order chi connectivity index (χ1) is 9.97. The molecule has 0 aliphatic heterocycles. The van der Waals surface area contributed by atoms with Crippen LogP contribution < -0.4 is 11.1 Å². The van der Waals surface area contributed by atoms with Crippen LogP contribution in [0.1, 0.15) is 29.5 Å². The topological polar surface area (TPSA) is 88.5 Å². The quantitative estimate of drug-likeness (QED) is 0.712. The molecule has 21 heavy (non-hydrogen) atoms. The predicted octanol–water partition coefficient (Wildman–Crippen LogP) is 3.13. The Kier molecular flexibility index (Phi) is 4.47. The Hall–Kier alpha value is -2.50. The summed E-state index contributed by atoms with van der Waals surface area (Å²) >= 11 is 0. The van der Waals surface area contributed by atoms with Crippen molar-refractivity contribution < 1.29 is 18.7 Å². The third-order valence-corrected chi connectivity index (χ3v) is 3.18. The first-order valence-electron chi connectivity index (χ1n) is 6.58. The summed E-state index contributed by atoms with van der Waals surface area (Å²) in [4.78, 5) is 11.0. The lowest BCUT2D eigenvalue weighted by atomic mass is 10.1. The van der Waals surface area contributed by atoms with Gasteiger partial charge in [0.05, 0.1) is 17.5 Å². The van der Waals surface area contributed by atoms with Crippen LogP contribution in [0.3, 0.4) is 0 Å². The largest absolute Gasteiger partial charge is 0.478 e. The van der Waals surface area contributed by atoms with Crippen molar-refractivity contribution in [1.82, 2.24) is 0 Å². The molecule has 2 rings (SSSR count). The monoisotopic (exact) mass is 292 g/mol. The predicted molar refractivity (Wildman–Crippen MR) is 77.9 cm³/mol. The van der Waals surface area contributed by atoms with Crippen LogP contribution in [-0.4, -0.2) is 17.1 Å². The van der Waals surface area contributed by atoms with Crippen molar-refractivity contribution >= 4 is 17.3 Å². The standard InChI is InChI=1S/C15H17FN2O3/c1-9(4-5-10-3-2-6-21-10)18-14-7-11(15(19)20)13(17)8-12(14)16/h2-3,6-9,18H,4-5,17H2,1H3,(H,19,20). The highest BCUT2D eigenvalue weighted by Crippen LogP contribution is 2.23. The molecule has 4 N–H and O–H groups in total. The van der Waals surface area contributed by atoms with Gasteiger partial charge in [-0.15, -0.1) is 0 Å². The number of carbonyl (C=O) groups is 1. The fourth-order valence-electron chi connectivity index (χ4n) is 2.04. The molecule has 1 unspecified atom stereocenters. The van der Waals surface area contributed by atoms with E-state index in [2.05, 4.69) is 5.32 Å². The second-order valence-corrected chi connectivity index (χ2v) is 4.89. The molecule has 6 heteroatoms. The fourth-order valence-corrected chi connectivity index (χ4v) is 2.04. The van der Waals surface area contributed by atoms with E-state index in [0.29, 0.717) is 6.42 Å². The van der Waals surface area contributed by atoms with Gasteiger partial charge in [-0.3, -0.25) is 0 Å². The van der Waals surface area contributed by atoms with E-state index in [1.165, 1.54) is 6.07 Å². The maximum atomic E-state index is 13.8. The smallest absolute Gasteiger partial charge is 0.337 e. The van der Waals surface area contributed by atoms with Gasteiger partial charge >= 0.3 is 5.97 Å². The van der Waals surface area contributed by atoms with Gasteiger partial charge < -0.3 is 20.6 Å². The van der Waals surface area contributed by atoms with E-state index < -0.39 is 11.8 Å². The second kappa shape index (κ2) is 6.30. The highest BCUT2D eigenvalue weighted by molar-refractivity contribution is 5.94. The van der Waals surface area contributed by atoms with Gasteiger partial charge in [0.1, 0.15) is 11.6 Å². The molecule has 0 bridgehead atoms. The Balaban J connectivity index is 2.04. The molecular formula is C15H17FN2O3. The number of benzene rings is 1. The van der Waals surface area contributed by atoms with Gasteiger partial charge in [-0.25, -0.2) is 9.18 Å². The molecule has 0 radical (unpaired) electrons. The Bertz CT molecular complexity index is 626. The summed E-state index contributed by atoms with van der Waals surface area (Å²) in [5.41, 5.74) is 5.41. The van der Waals surface area contributed by atoms with Crippen LogP contribution in [0.15, 0.2) is 34.9 Å². The molecule has 0 spiro atoms. The van der Waals surface area contributed by atoms with Crippen molar-refractivity contribution in [3.63, 3.8) is 0 Å². The number of anilines is 2. The summed E-state index contributed by atoms with van der Waals surface area (Å²) in [7, 11) is 0. The molecule has 2 aromatic rings. The lowest BCUT2D eigenvalue weighted by Crippen LogP contribution is -2.17. The van der Waals surface area contributed by atoms with E-state index in [1.54, 1.807) is 6.26 Å². The number of nitrogen functional groups attached to an aromatic ring is 1. The molecule has 5 nitrogen and oxygen atoms in total. The Morgan fingerprint density at radius 3 is 2.90 bits per heavy atom. The van der Waals surface area contributed by atoms with Gasteiger partial charge in [0.25, 0.3) is 0 Å². The number of hydrogen-bond acceptors (Lipinski definition) is 4. The average Bonchev–Trinajstić information content (AvgIpc) is 2.92. The summed E-state index contributed by atoms with van der Waals surface area (Å²) in [6, 6.07) is 5.88. The number of aryl methyl sites for hydroxylation is 1. The summed E-state index contributed by atoms with van der Waals surface area (Å²) in [6.07, 6.45) is 3.04. The van der Waals surface area contributed by atoms with Crippen LogP contribution in [-0.2, 0) is 6.42 Å². The normalized spacial score (nSPS) is 12.1. The zero-order valence-electron chi connectivity index (χ0n) is 11.6. The number of nitrogens with one attached hydrogen (secondary N) is 1. The number of aromatic carboxylic acids is 1. The third-order valence-electron chi connectivity index (χ3n) is 3.18. The summed E-state index contributed by atoms with van der Waals surface area (Å²) in [5.74, 6) is -0.895. The average molecular weight is 292 g/mol. The maximum absolute atomic E-state index is 13.8. The van der Waals surface area contributed by atoms with Crippen molar-refractivity contribution in [2.24, 2.45) is 0 Å². The summed E-state index contributed by atoms with van der Waals surface area (Å²) in [5, 5.41) is 12.0. The van der Waals surface area contributed by atoms with Gasteiger partial charge in [0, 0.05) is 18.2 Å². The zero-order chi connectivity index (χ0) is 15.4.